The lowest BCUT2D eigenvalue weighted by Gasteiger charge is -2.19. The second kappa shape index (κ2) is 8.70. The predicted molar refractivity (Wildman–Crippen MR) is 105 cm³/mol. The molecule has 7 heteroatoms. The molecule has 0 aliphatic rings. The van der Waals surface area contributed by atoms with E-state index in [0.29, 0.717) is 17.8 Å². The molecular weight excluding hydrogens is 344 g/mol. The lowest BCUT2D eigenvalue weighted by molar-refractivity contribution is 0.0635. The van der Waals surface area contributed by atoms with Crippen molar-refractivity contribution in [3.8, 4) is 0 Å². The van der Waals surface area contributed by atoms with Gasteiger partial charge in [0.15, 0.2) is 0 Å². The van der Waals surface area contributed by atoms with Crippen LogP contribution in [0.25, 0.3) is 0 Å². The Hall–Kier alpha value is -2.83. The molecule has 1 aromatic carbocycles. The molecule has 2 amide bonds. The number of carbonyl (C=O) groups is 2. The molecule has 0 aliphatic heterocycles. The number of nitrogens with zero attached hydrogens (tertiary/aromatic N) is 2. The third-order valence-corrected chi connectivity index (χ3v) is 3.81. The van der Waals surface area contributed by atoms with E-state index in [1.165, 1.54) is 0 Å². The van der Waals surface area contributed by atoms with Gasteiger partial charge in [0.05, 0.1) is 0 Å². The molecule has 146 valence electrons. The Kier molecular flexibility index (Phi) is 6.60. The van der Waals surface area contributed by atoms with E-state index < -0.39 is 11.7 Å². The first-order valence-corrected chi connectivity index (χ1v) is 9.00. The Morgan fingerprint density at radius 3 is 2.67 bits per heavy atom. The van der Waals surface area contributed by atoms with E-state index in [1.807, 2.05) is 13.1 Å². The summed E-state index contributed by atoms with van der Waals surface area (Å²) in [5.74, 6) is 1.02. The molecule has 27 heavy (non-hydrogen) atoms. The summed E-state index contributed by atoms with van der Waals surface area (Å²) in [6.07, 6.45) is 3.15. The summed E-state index contributed by atoms with van der Waals surface area (Å²) in [6, 6.07) is 6.77. The van der Waals surface area contributed by atoms with Crippen molar-refractivity contribution in [3.05, 3.63) is 48.0 Å². The van der Waals surface area contributed by atoms with Crippen LogP contribution in [0.5, 0.6) is 0 Å². The van der Waals surface area contributed by atoms with Gasteiger partial charge in [-0.2, -0.15) is 0 Å². The van der Waals surface area contributed by atoms with Crippen LogP contribution in [0.3, 0.4) is 0 Å². The SMILES string of the molecule is Cc1nccn1CC(C)CNC(=O)c1cccc(NC(=O)OC(C)(C)C)c1. The van der Waals surface area contributed by atoms with Gasteiger partial charge in [0.2, 0.25) is 0 Å². The zero-order valence-corrected chi connectivity index (χ0v) is 16.6. The highest BCUT2D eigenvalue weighted by atomic mass is 16.6. The van der Waals surface area contributed by atoms with Gasteiger partial charge in [-0.3, -0.25) is 10.1 Å². The molecule has 2 rings (SSSR count). The van der Waals surface area contributed by atoms with Crippen molar-refractivity contribution in [2.75, 3.05) is 11.9 Å². The Balaban J connectivity index is 1.89. The highest BCUT2D eigenvalue weighted by Crippen LogP contribution is 2.14. The first kappa shape index (κ1) is 20.5. The van der Waals surface area contributed by atoms with Crippen molar-refractivity contribution in [1.29, 1.82) is 0 Å². The molecule has 0 fully saturated rings. The van der Waals surface area contributed by atoms with Gasteiger partial charge in [-0.05, 0) is 51.8 Å². The molecule has 2 N–H and O–H groups in total. The lowest BCUT2D eigenvalue weighted by Crippen LogP contribution is -2.30. The molecule has 1 unspecified atom stereocenters. The predicted octanol–water partition coefficient (Wildman–Crippen LogP) is 3.60. The molecule has 1 heterocycles. The van der Waals surface area contributed by atoms with Gasteiger partial charge in [0.1, 0.15) is 11.4 Å². The number of imidazole rings is 1. The molecular formula is C20H28N4O3. The number of benzene rings is 1. The highest BCUT2D eigenvalue weighted by Gasteiger charge is 2.17. The minimum Gasteiger partial charge on any atom is -0.444 e. The normalized spacial score (nSPS) is 12.3. The maximum absolute atomic E-state index is 12.4. The fourth-order valence-electron chi connectivity index (χ4n) is 2.53. The Morgan fingerprint density at radius 1 is 1.30 bits per heavy atom. The van der Waals surface area contributed by atoms with Gasteiger partial charge in [-0.25, -0.2) is 9.78 Å². The fourth-order valence-corrected chi connectivity index (χ4v) is 2.53. The topological polar surface area (TPSA) is 85.3 Å². The molecule has 0 spiro atoms. The summed E-state index contributed by atoms with van der Waals surface area (Å²) in [5.41, 5.74) is 0.413. The first-order valence-electron chi connectivity index (χ1n) is 9.00. The number of nitrogens with one attached hydrogen (secondary N) is 2. The van der Waals surface area contributed by atoms with Gasteiger partial charge in [-0.15, -0.1) is 0 Å². The number of hydrogen-bond donors (Lipinski definition) is 2. The minimum atomic E-state index is -0.581. The molecule has 1 atom stereocenters. The highest BCUT2D eigenvalue weighted by molar-refractivity contribution is 5.96. The first-order chi connectivity index (χ1) is 12.6. The van der Waals surface area contributed by atoms with Crippen LogP contribution in [0.15, 0.2) is 36.7 Å². The Morgan fingerprint density at radius 2 is 2.04 bits per heavy atom. The second-order valence-corrected chi connectivity index (χ2v) is 7.65. The number of aryl methyl sites for hydroxylation is 1. The summed E-state index contributed by atoms with van der Waals surface area (Å²) < 4.78 is 7.28. The summed E-state index contributed by atoms with van der Waals surface area (Å²) >= 11 is 0. The van der Waals surface area contributed by atoms with Crippen LogP contribution in [-0.4, -0.2) is 33.7 Å². The molecule has 0 saturated heterocycles. The van der Waals surface area contributed by atoms with Crippen molar-refractivity contribution in [3.63, 3.8) is 0 Å². The average molecular weight is 372 g/mol. The van der Waals surface area contributed by atoms with Crippen LogP contribution < -0.4 is 10.6 Å². The van der Waals surface area contributed by atoms with Crippen LogP contribution in [0, 0.1) is 12.8 Å². The summed E-state index contributed by atoms with van der Waals surface area (Å²) in [5, 5.41) is 5.58. The van der Waals surface area contributed by atoms with Crippen molar-refractivity contribution in [2.24, 2.45) is 5.92 Å². The molecule has 0 saturated carbocycles. The number of aromatic nitrogens is 2. The van der Waals surface area contributed by atoms with E-state index >= 15 is 0 Å². The number of amides is 2. The van der Waals surface area contributed by atoms with Crippen LogP contribution in [-0.2, 0) is 11.3 Å². The van der Waals surface area contributed by atoms with Gasteiger partial charge in [0.25, 0.3) is 5.91 Å². The molecule has 7 nitrogen and oxygen atoms in total. The van der Waals surface area contributed by atoms with Gasteiger partial charge < -0.3 is 14.6 Å². The van der Waals surface area contributed by atoms with Crippen LogP contribution >= 0.6 is 0 Å². The largest absolute Gasteiger partial charge is 0.444 e. The summed E-state index contributed by atoms with van der Waals surface area (Å²) in [4.78, 5) is 28.5. The Labute approximate surface area is 160 Å². The zero-order chi connectivity index (χ0) is 20.0. The minimum absolute atomic E-state index is 0.183. The van der Waals surface area contributed by atoms with Gasteiger partial charge in [0, 0.05) is 36.7 Å². The van der Waals surface area contributed by atoms with E-state index in [1.54, 1.807) is 51.2 Å². The summed E-state index contributed by atoms with van der Waals surface area (Å²) in [6.45, 7) is 10.7. The standard InChI is InChI=1S/C20H28N4O3/c1-14(13-24-10-9-21-15(24)2)12-22-18(25)16-7-6-8-17(11-16)23-19(26)27-20(3,4)5/h6-11,14H,12-13H2,1-5H3,(H,22,25)(H,23,26). The lowest BCUT2D eigenvalue weighted by atomic mass is 10.1. The van der Waals surface area contributed by atoms with Gasteiger partial charge >= 0.3 is 6.09 Å². The Bertz CT molecular complexity index is 793. The monoisotopic (exact) mass is 372 g/mol. The maximum atomic E-state index is 12.4. The van der Waals surface area contributed by atoms with E-state index in [2.05, 4.69) is 27.1 Å². The van der Waals surface area contributed by atoms with E-state index in [4.69, 9.17) is 4.74 Å². The quantitative estimate of drug-likeness (QED) is 0.811. The zero-order valence-electron chi connectivity index (χ0n) is 16.6. The van der Waals surface area contributed by atoms with E-state index in [9.17, 15) is 9.59 Å². The number of rotatable bonds is 6. The molecule has 0 aliphatic carbocycles. The number of hydrogen-bond acceptors (Lipinski definition) is 4. The summed E-state index contributed by atoms with van der Waals surface area (Å²) in [7, 11) is 0. The van der Waals surface area contributed by atoms with Crippen molar-refractivity contribution in [1.82, 2.24) is 14.9 Å². The third kappa shape index (κ3) is 6.77. The fraction of sp³-hybridized carbons (Fsp3) is 0.450. The van der Waals surface area contributed by atoms with Crippen molar-refractivity contribution in [2.45, 2.75) is 46.8 Å². The molecule has 0 bridgehead atoms. The molecule has 0 radical (unpaired) electrons. The van der Waals surface area contributed by atoms with Crippen LogP contribution in [0.1, 0.15) is 43.9 Å². The van der Waals surface area contributed by atoms with Crippen molar-refractivity contribution >= 4 is 17.7 Å². The van der Waals surface area contributed by atoms with Crippen molar-refractivity contribution < 1.29 is 14.3 Å². The smallest absolute Gasteiger partial charge is 0.412 e. The molecule has 2 aromatic rings. The van der Waals surface area contributed by atoms with E-state index in [-0.39, 0.29) is 11.8 Å². The van der Waals surface area contributed by atoms with E-state index in [0.717, 1.165) is 12.4 Å². The molecule has 1 aromatic heterocycles. The van der Waals surface area contributed by atoms with Crippen LogP contribution in [0.2, 0.25) is 0 Å². The average Bonchev–Trinajstić information content (AvgIpc) is 2.96. The maximum Gasteiger partial charge on any atom is 0.412 e. The van der Waals surface area contributed by atoms with Gasteiger partial charge in [-0.1, -0.05) is 13.0 Å². The third-order valence-electron chi connectivity index (χ3n) is 3.81. The number of carbonyl (C=O) groups excluding carboxylic acids is 2. The van der Waals surface area contributed by atoms with Crippen LogP contribution in [0.4, 0.5) is 10.5 Å². The second-order valence-electron chi connectivity index (χ2n) is 7.65. The number of anilines is 1. The number of ether oxygens (including phenoxy) is 1.